The van der Waals surface area contributed by atoms with Gasteiger partial charge < -0.3 is 18.9 Å². The number of hydrogen-bond acceptors (Lipinski definition) is 5. The minimum absolute atomic E-state index is 0.111. The van der Waals surface area contributed by atoms with Crippen LogP contribution in [0.3, 0.4) is 0 Å². The van der Waals surface area contributed by atoms with Crippen LogP contribution in [0.15, 0.2) is 0 Å². The van der Waals surface area contributed by atoms with Gasteiger partial charge >= 0.3 is 5.97 Å². The normalized spacial score (nSPS) is 11.0. The lowest BCUT2D eigenvalue weighted by Crippen LogP contribution is -2.11. The van der Waals surface area contributed by atoms with Crippen molar-refractivity contribution >= 4 is 5.97 Å². The number of carbonyl (C=O) groups excluding carboxylic acids is 1. The lowest BCUT2D eigenvalue weighted by atomic mass is 10.1. The minimum atomic E-state index is -0.111. The summed E-state index contributed by atoms with van der Waals surface area (Å²) in [5, 5.41) is 0. The number of hydrogen-bond donors (Lipinski definition) is 0. The molecule has 0 aromatic carbocycles. The van der Waals surface area contributed by atoms with Gasteiger partial charge in [0.1, 0.15) is 0 Å². The Hall–Kier alpha value is -0.650. The largest absolute Gasteiger partial charge is 0.466 e. The van der Waals surface area contributed by atoms with Gasteiger partial charge in [0.15, 0.2) is 0 Å². The standard InChI is InChI=1S/C21H42O5/c1-3-5-7-8-9-10-11-16-26-21(22)13-12-15-24-18-20-25-19-17-23-14-6-4-2/h3-20H2,1-2H3. The number of carbonyl (C=O) groups is 1. The summed E-state index contributed by atoms with van der Waals surface area (Å²) in [6.07, 6.45) is 12.0. The second kappa shape index (κ2) is 22.4. The fourth-order valence-corrected chi connectivity index (χ4v) is 2.42. The van der Waals surface area contributed by atoms with Crippen LogP contribution in [0.5, 0.6) is 0 Å². The molecule has 0 N–H and O–H groups in total. The van der Waals surface area contributed by atoms with E-state index in [4.69, 9.17) is 18.9 Å². The first-order chi connectivity index (χ1) is 12.8. The second-order valence-electron chi connectivity index (χ2n) is 6.64. The molecule has 26 heavy (non-hydrogen) atoms. The van der Waals surface area contributed by atoms with Gasteiger partial charge in [-0.1, -0.05) is 58.8 Å². The van der Waals surface area contributed by atoms with Gasteiger partial charge in [-0.05, 0) is 19.3 Å². The van der Waals surface area contributed by atoms with E-state index in [0.29, 0.717) is 52.5 Å². The van der Waals surface area contributed by atoms with Crippen LogP contribution in [-0.2, 0) is 23.7 Å². The van der Waals surface area contributed by atoms with Gasteiger partial charge in [0.05, 0.1) is 33.0 Å². The van der Waals surface area contributed by atoms with Gasteiger partial charge in [0, 0.05) is 19.6 Å². The highest BCUT2D eigenvalue weighted by atomic mass is 16.5. The number of ether oxygens (including phenoxy) is 4. The van der Waals surface area contributed by atoms with E-state index in [1.165, 1.54) is 32.1 Å². The van der Waals surface area contributed by atoms with E-state index in [1.807, 2.05) is 0 Å². The van der Waals surface area contributed by atoms with Crippen molar-refractivity contribution in [3.63, 3.8) is 0 Å². The summed E-state index contributed by atoms with van der Waals surface area (Å²) in [5.41, 5.74) is 0. The zero-order valence-electron chi connectivity index (χ0n) is 17.3. The lowest BCUT2D eigenvalue weighted by molar-refractivity contribution is -0.144. The maximum atomic E-state index is 11.6. The summed E-state index contributed by atoms with van der Waals surface area (Å²) in [4.78, 5) is 11.6. The van der Waals surface area contributed by atoms with Crippen molar-refractivity contribution in [1.82, 2.24) is 0 Å². The molecule has 0 saturated heterocycles. The van der Waals surface area contributed by atoms with Crippen molar-refractivity contribution in [1.29, 1.82) is 0 Å². The predicted octanol–water partition coefficient (Wildman–Crippen LogP) is 4.91. The topological polar surface area (TPSA) is 54.0 Å². The van der Waals surface area contributed by atoms with Crippen molar-refractivity contribution < 1.29 is 23.7 Å². The van der Waals surface area contributed by atoms with Crippen LogP contribution in [0.25, 0.3) is 0 Å². The van der Waals surface area contributed by atoms with E-state index in [1.54, 1.807) is 0 Å². The summed E-state index contributed by atoms with van der Waals surface area (Å²) in [6.45, 7) is 8.69. The van der Waals surface area contributed by atoms with Crippen LogP contribution >= 0.6 is 0 Å². The molecular formula is C21H42O5. The molecule has 0 aliphatic carbocycles. The number of unbranched alkanes of at least 4 members (excludes halogenated alkanes) is 7. The lowest BCUT2D eigenvalue weighted by Gasteiger charge is -2.07. The Morgan fingerprint density at radius 2 is 1.04 bits per heavy atom. The molecule has 0 atom stereocenters. The van der Waals surface area contributed by atoms with Crippen molar-refractivity contribution in [2.45, 2.75) is 84.5 Å². The third kappa shape index (κ3) is 21.4. The molecule has 0 amide bonds. The molecule has 156 valence electrons. The first kappa shape index (κ1) is 25.4. The minimum Gasteiger partial charge on any atom is -0.466 e. The molecule has 0 aliphatic heterocycles. The van der Waals surface area contributed by atoms with Gasteiger partial charge in [-0.25, -0.2) is 0 Å². The van der Waals surface area contributed by atoms with Crippen LogP contribution in [0.2, 0.25) is 0 Å². The third-order valence-corrected chi connectivity index (χ3v) is 4.07. The van der Waals surface area contributed by atoms with Gasteiger partial charge in [0.2, 0.25) is 0 Å². The summed E-state index contributed by atoms with van der Waals surface area (Å²) in [6, 6.07) is 0. The first-order valence-electron chi connectivity index (χ1n) is 10.7. The third-order valence-electron chi connectivity index (χ3n) is 4.07. The molecule has 0 aromatic rings. The fraction of sp³-hybridized carbons (Fsp3) is 0.952. The first-order valence-corrected chi connectivity index (χ1v) is 10.7. The Morgan fingerprint density at radius 1 is 0.538 bits per heavy atom. The van der Waals surface area contributed by atoms with Gasteiger partial charge in [-0.2, -0.15) is 0 Å². The van der Waals surface area contributed by atoms with E-state index in [-0.39, 0.29) is 5.97 Å². The molecule has 0 saturated carbocycles. The predicted molar refractivity (Wildman–Crippen MR) is 106 cm³/mol. The molecule has 0 radical (unpaired) electrons. The van der Waals surface area contributed by atoms with Crippen LogP contribution in [0.1, 0.15) is 84.5 Å². The molecule has 0 aliphatic rings. The molecule has 0 heterocycles. The zero-order valence-corrected chi connectivity index (χ0v) is 17.3. The van der Waals surface area contributed by atoms with Crippen LogP contribution in [0, 0.1) is 0 Å². The highest BCUT2D eigenvalue weighted by Crippen LogP contribution is 2.07. The van der Waals surface area contributed by atoms with E-state index in [9.17, 15) is 4.79 Å². The smallest absolute Gasteiger partial charge is 0.305 e. The Kier molecular flexibility index (Phi) is 21.8. The monoisotopic (exact) mass is 374 g/mol. The van der Waals surface area contributed by atoms with Crippen molar-refractivity contribution in [2.75, 3.05) is 46.2 Å². The van der Waals surface area contributed by atoms with Crippen molar-refractivity contribution in [2.24, 2.45) is 0 Å². The molecule has 0 aromatic heterocycles. The van der Waals surface area contributed by atoms with Gasteiger partial charge in [-0.3, -0.25) is 4.79 Å². The van der Waals surface area contributed by atoms with Gasteiger partial charge in [0.25, 0.3) is 0 Å². The highest BCUT2D eigenvalue weighted by Gasteiger charge is 2.02. The molecule has 0 fully saturated rings. The summed E-state index contributed by atoms with van der Waals surface area (Å²) >= 11 is 0. The Labute approximate surface area is 161 Å². The highest BCUT2D eigenvalue weighted by molar-refractivity contribution is 5.69. The van der Waals surface area contributed by atoms with Gasteiger partial charge in [-0.15, -0.1) is 0 Å². The van der Waals surface area contributed by atoms with E-state index in [2.05, 4.69) is 13.8 Å². The molecule has 0 bridgehead atoms. The van der Waals surface area contributed by atoms with E-state index < -0.39 is 0 Å². The number of rotatable bonds is 21. The summed E-state index contributed by atoms with van der Waals surface area (Å²) in [5.74, 6) is -0.111. The molecule has 5 nitrogen and oxygen atoms in total. The molecule has 0 rings (SSSR count). The zero-order chi connectivity index (χ0) is 19.1. The van der Waals surface area contributed by atoms with Crippen molar-refractivity contribution in [3.8, 4) is 0 Å². The Bertz CT molecular complexity index is 284. The maximum absolute atomic E-state index is 11.6. The van der Waals surface area contributed by atoms with E-state index in [0.717, 1.165) is 32.3 Å². The van der Waals surface area contributed by atoms with E-state index >= 15 is 0 Å². The molecular weight excluding hydrogens is 332 g/mol. The number of esters is 1. The van der Waals surface area contributed by atoms with Crippen LogP contribution < -0.4 is 0 Å². The van der Waals surface area contributed by atoms with Crippen molar-refractivity contribution in [3.05, 3.63) is 0 Å². The Morgan fingerprint density at radius 3 is 1.65 bits per heavy atom. The average molecular weight is 375 g/mol. The summed E-state index contributed by atoms with van der Waals surface area (Å²) in [7, 11) is 0. The quantitative estimate of drug-likeness (QED) is 0.211. The molecule has 0 spiro atoms. The molecule has 5 heteroatoms. The average Bonchev–Trinajstić information content (AvgIpc) is 2.65. The fourth-order valence-electron chi connectivity index (χ4n) is 2.42. The maximum Gasteiger partial charge on any atom is 0.305 e. The van der Waals surface area contributed by atoms with Crippen LogP contribution in [-0.4, -0.2) is 52.2 Å². The van der Waals surface area contributed by atoms with Crippen LogP contribution in [0.4, 0.5) is 0 Å². The second-order valence-corrected chi connectivity index (χ2v) is 6.64. The Balaban J connectivity index is 3.13. The molecule has 0 unspecified atom stereocenters. The SMILES string of the molecule is CCCCCCCCCOC(=O)CCCOCCOCCOCCCC. The summed E-state index contributed by atoms with van der Waals surface area (Å²) < 4.78 is 21.5.